The van der Waals surface area contributed by atoms with E-state index in [0.29, 0.717) is 26.6 Å². The Hall–Kier alpha value is -2.11. The molecule has 0 amide bonds. The number of aromatic nitrogens is 2. The smallest absolute Gasteiger partial charge is 0.259 e. The average Bonchev–Trinajstić information content (AvgIpc) is 2.53. The molecule has 1 aromatic heterocycles. The quantitative estimate of drug-likeness (QED) is 0.451. The normalized spacial score (nSPS) is 10.8. The van der Waals surface area contributed by atoms with E-state index in [1.807, 2.05) is 6.07 Å². The molecule has 0 saturated carbocycles. The van der Waals surface area contributed by atoms with E-state index < -0.39 is 0 Å². The SMILES string of the molecule is O=C(CSc1nc2ccccc2c(=O)[nH]1)c1ccc(Cl)cc1. The minimum absolute atomic E-state index is 0.0440. The highest BCUT2D eigenvalue weighted by Crippen LogP contribution is 2.17. The van der Waals surface area contributed by atoms with Crippen LogP contribution in [0, 0.1) is 0 Å². The standard InChI is InChI=1S/C16H11ClN2O2S/c17-11-7-5-10(6-8-11)14(20)9-22-16-18-13-4-2-1-3-12(13)15(21)19-16/h1-8H,9H2,(H,18,19,21). The second-order valence-electron chi connectivity index (χ2n) is 4.61. The predicted molar refractivity (Wildman–Crippen MR) is 88.9 cm³/mol. The van der Waals surface area contributed by atoms with Crippen LogP contribution < -0.4 is 5.56 Å². The minimum atomic E-state index is -0.202. The van der Waals surface area contributed by atoms with E-state index in [2.05, 4.69) is 9.97 Å². The van der Waals surface area contributed by atoms with Gasteiger partial charge < -0.3 is 4.98 Å². The largest absolute Gasteiger partial charge is 0.301 e. The van der Waals surface area contributed by atoms with Crippen molar-refractivity contribution in [1.82, 2.24) is 9.97 Å². The predicted octanol–water partition coefficient (Wildman–Crippen LogP) is 3.55. The third kappa shape index (κ3) is 3.21. The van der Waals surface area contributed by atoms with Crippen molar-refractivity contribution in [3.05, 3.63) is 69.5 Å². The number of para-hydroxylation sites is 1. The highest BCUT2D eigenvalue weighted by atomic mass is 35.5. The van der Waals surface area contributed by atoms with Crippen molar-refractivity contribution in [3.8, 4) is 0 Å². The zero-order valence-corrected chi connectivity index (χ0v) is 12.9. The lowest BCUT2D eigenvalue weighted by Gasteiger charge is -2.03. The summed E-state index contributed by atoms with van der Waals surface area (Å²) < 4.78 is 0. The molecule has 0 aliphatic rings. The van der Waals surface area contributed by atoms with Gasteiger partial charge >= 0.3 is 0 Å². The molecule has 0 unspecified atom stereocenters. The third-order valence-electron chi connectivity index (χ3n) is 3.10. The van der Waals surface area contributed by atoms with E-state index in [-0.39, 0.29) is 17.1 Å². The van der Waals surface area contributed by atoms with Crippen molar-refractivity contribution in [2.75, 3.05) is 5.75 Å². The minimum Gasteiger partial charge on any atom is -0.301 e. The number of nitrogens with one attached hydrogen (secondary N) is 1. The van der Waals surface area contributed by atoms with Crippen molar-refractivity contribution in [3.63, 3.8) is 0 Å². The average molecular weight is 331 g/mol. The van der Waals surface area contributed by atoms with Gasteiger partial charge in [0.15, 0.2) is 10.9 Å². The monoisotopic (exact) mass is 330 g/mol. The van der Waals surface area contributed by atoms with Crippen LogP contribution in [-0.4, -0.2) is 21.5 Å². The van der Waals surface area contributed by atoms with E-state index in [1.165, 1.54) is 11.8 Å². The number of thioether (sulfide) groups is 1. The fourth-order valence-corrected chi connectivity index (χ4v) is 2.87. The molecule has 0 bridgehead atoms. The molecule has 0 aliphatic heterocycles. The van der Waals surface area contributed by atoms with Crippen molar-refractivity contribution < 1.29 is 4.79 Å². The van der Waals surface area contributed by atoms with Crippen LogP contribution in [0.4, 0.5) is 0 Å². The van der Waals surface area contributed by atoms with E-state index >= 15 is 0 Å². The van der Waals surface area contributed by atoms with Gasteiger partial charge in [-0.15, -0.1) is 0 Å². The number of carbonyl (C=O) groups is 1. The summed E-state index contributed by atoms with van der Waals surface area (Å²) in [5.74, 6) is 0.153. The Morgan fingerprint density at radius 3 is 2.64 bits per heavy atom. The first-order chi connectivity index (χ1) is 10.6. The van der Waals surface area contributed by atoms with Crippen LogP contribution in [0.15, 0.2) is 58.5 Å². The zero-order valence-electron chi connectivity index (χ0n) is 11.4. The highest BCUT2D eigenvalue weighted by Gasteiger charge is 2.09. The topological polar surface area (TPSA) is 62.8 Å². The Bertz CT molecular complexity index is 891. The Morgan fingerprint density at radius 2 is 1.86 bits per heavy atom. The first-order valence-corrected chi connectivity index (χ1v) is 7.90. The first kappa shape index (κ1) is 14.8. The molecular formula is C16H11ClN2O2S. The molecule has 0 saturated heterocycles. The number of halogens is 1. The van der Waals surface area contributed by atoms with Gasteiger partial charge in [0.25, 0.3) is 5.56 Å². The number of ketones is 1. The summed E-state index contributed by atoms with van der Waals surface area (Å²) in [4.78, 5) is 31.1. The maximum atomic E-state index is 12.1. The van der Waals surface area contributed by atoms with Gasteiger partial charge in [-0.1, -0.05) is 35.5 Å². The van der Waals surface area contributed by atoms with Gasteiger partial charge in [0.05, 0.1) is 16.7 Å². The van der Waals surface area contributed by atoms with Crippen molar-refractivity contribution in [2.45, 2.75) is 5.16 Å². The lowest BCUT2D eigenvalue weighted by molar-refractivity contribution is 0.102. The van der Waals surface area contributed by atoms with Crippen LogP contribution >= 0.6 is 23.4 Å². The fourth-order valence-electron chi connectivity index (χ4n) is 1.99. The van der Waals surface area contributed by atoms with Crippen molar-refractivity contribution >= 4 is 40.0 Å². The van der Waals surface area contributed by atoms with Gasteiger partial charge in [-0.3, -0.25) is 9.59 Å². The summed E-state index contributed by atoms with van der Waals surface area (Å²) in [6.07, 6.45) is 0. The van der Waals surface area contributed by atoms with Gasteiger partial charge in [0.2, 0.25) is 0 Å². The second kappa shape index (κ2) is 6.34. The molecular weight excluding hydrogens is 320 g/mol. The third-order valence-corrected chi connectivity index (χ3v) is 4.22. The molecule has 0 radical (unpaired) electrons. The molecule has 110 valence electrons. The molecule has 0 fully saturated rings. The number of Topliss-reactive ketones (excluding diaryl/α,β-unsaturated/α-hetero) is 1. The Labute approximate surface area is 135 Å². The summed E-state index contributed by atoms with van der Waals surface area (Å²) in [5.41, 5.74) is 1.000. The van der Waals surface area contributed by atoms with Crippen LogP contribution in [0.25, 0.3) is 10.9 Å². The molecule has 1 heterocycles. The Kier molecular flexibility index (Phi) is 4.27. The summed E-state index contributed by atoms with van der Waals surface area (Å²) >= 11 is 7.00. The van der Waals surface area contributed by atoms with Crippen LogP contribution in [0.1, 0.15) is 10.4 Å². The number of H-pyrrole nitrogens is 1. The van der Waals surface area contributed by atoms with Crippen LogP contribution in [0.5, 0.6) is 0 Å². The maximum absolute atomic E-state index is 12.1. The molecule has 3 aromatic rings. The lowest BCUT2D eigenvalue weighted by atomic mass is 10.1. The number of aromatic amines is 1. The molecule has 22 heavy (non-hydrogen) atoms. The van der Waals surface area contributed by atoms with Gasteiger partial charge in [0.1, 0.15) is 0 Å². The maximum Gasteiger partial charge on any atom is 0.259 e. The summed E-state index contributed by atoms with van der Waals surface area (Å²) in [6.45, 7) is 0. The van der Waals surface area contributed by atoms with Gasteiger partial charge in [-0.05, 0) is 36.4 Å². The van der Waals surface area contributed by atoms with Crippen LogP contribution in [-0.2, 0) is 0 Å². The van der Waals surface area contributed by atoms with E-state index in [0.717, 1.165) is 0 Å². The molecule has 0 atom stereocenters. The summed E-state index contributed by atoms with van der Waals surface area (Å²) in [7, 11) is 0. The van der Waals surface area contributed by atoms with E-state index in [4.69, 9.17) is 11.6 Å². The molecule has 0 aliphatic carbocycles. The molecule has 3 rings (SSSR count). The number of hydrogen-bond acceptors (Lipinski definition) is 4. The van der Waals surface area contributed by atoms with Gasteiger partial charge in [-0.2, -0.15) is 0 Å². The first-order valence-electron chi connectivity index (χ1n) is 6.54. The fraction of sp³-hybridized carbons (Fsp3) is 0.0625. The lowest BCUT2D eigenvalue weighted by Crippen LogP contribution is -2.10. The molecule has 6 heteroatoms. The number of benzene rings is 2. The molecule has 1 N–H and O–H groups in total. The van der Waals surface area contributed by atoms with Crippen LogP contribution in [0.3, 0.4) is 0 Å². The summed E-state index contributed by atoms with van der Waals surface area (Å²) in [6, 6.07) is 13.8. The number of rotatable bonds is 4. The van der Waals surface area contributed by atoms with Gasteiger partial charge in [-0.25, -0.2) is 4.98 Å². The molecule has 2 aromatic carbocycles. The van der Waals surface area contributed by atoms with E-state index in [9.17, 15) is 9.59 Å². The molecule has 0 spiro atoms. The van der Waals surface area contributed by atoms with Crippen molar-refractivity contribution in [1.29, 1.82) is 0 Å². The van der Waals surface area contributed by atoms with Crippen molar-refractivity contribution in [2.24, 2.45) is 0 Å². The van der Waals surface area contributed by atoms with Gasteiger partial charge in [0, 0.05) is 10.6 Å². The van der Waals surface area contributed by atoms with E-state index in [1.54, 1.807) is 42.5 Å². The number of fused-ring (bicyclic) bond motifs is 1. The Balaban J connectivity index is 1.77. The Morgan fingerprint density at radius 1 is 1.14 bits per heavy atom. The highest BCUT2D eigenvalue weighted by molar-refractivity contribution is 7.99. The second-order valence-corrected chi connectivity index (χ2v) is 6.01. The summed E-state index contributed by atoms with van der Waals surface area (Å²) in [5, 5.41) is 1.56. The number of nitrogens with zero attached hydrogens (tertiary/aromatic N) is 1. The molecule has 4 nitrogen and oxygen atoms in total. The zero-order chi connectivity index (χ0) is 15.5. The number of carbonyl (C=O) groups excluding carboxylic acids is 1. The van der Waals surface area contributed by atoms with Crippen LogP contribution in [0.2, 0.25) is 5.02 Å². The number of hydrogen-bond donors (Lipinski definition) is 1.